The van der Waals surface area contributed by atoms with Gasteiger partial charge in [-0.1, -0.05) is 6.07 Å². The zero-order valence-electron chi connectivity index (χ0n) is 7.94. The van der Waals surface area contributed by atoms with Crippen LogP contribution in [-0.4, -0.2) is 15.0 Å². The first-order valence-electron chi connectivity index (χ1n) is 4.70. The number of benzene rings is 1. The van der Waals surface area contributed by atoms with Crippen LogP contribution in [-0.2, 0) is 0 Å². The number of aromatic amines is 1. The molecule has 0 unspecified atom stereocenters. The van der Waals surface area contributed by atoms with E-state index in [1.54, 1.807) is 12.4 Å². The van der Waals surface area contributed by atoms with Crippen LogP contribution in [0.1, 0.15) is 0 Å². The van der Waals surface area contributed by atoms with Crippen LogP contribution < -0.4 is 0 Å². The number of imidazole rings is 1. The Bertz CT molecular complexity index is 584. The first kappa shape index (κ1) is 8.17. The lowest BCUT2D eigenvalue weighted by molar-refractivity contribution is 1.32. The number of hydrogen-bond donors (Lipinski definition) is 1. The maximum Gasteiger partial charge on any atom is 0.174 e. The molecule has 1 aromatic carbocycles. The quantitative estimate of drug-likeness (QED) is 0.646. The molecule has 71 valence electrons. The average Bonchev–Trinajstić information content (AvgIpc) is 2.77. The Balaban J connectivity index is 2.19. The third-order valence-electron chi connectivity index (χ3n) is 2.38. The molecule has 1 radical (unpaired) electrons. The van der Waals surface area contributed by atoms with Gasteiger partial charge < -0.3 is 4.98 Å². The predicted molar refractivity (Wildman–Crippen MR) is 58.2 cm³/mol. The maximum absolute atomic E-state index is 4.11. The summed E-state index contributed by atoms with van der Waals surface area (Å²) in [5.74, 6) is 0. The number of aromatic nitrogens is 3. The monoisotopic (exact) mass is 194 g/mol. The molecule has 3 heteroatoms. The van der Waals surface area contributed by atoms with Crippen LogP contribution in [0.4, 0.5) is 0 Å². The fourth-order valence-corrected chi connectivity index (χ4v) is 1.60. The second kappa shape index (κ2) is 3.20. The molecular weight excluding hydrogens is 186 g/mol. The molecule has 0 saturated heterocycles. The van der Waals surface area contributed by atoms with Crippen molar-refractivity contribution in [1.29, 1.82) is 0 Å². The van der Waals surface area contributed by atoms with Gasteiger partial charge in [0.25, 0.3) is 0 Å². The number of nitrogens with zero attached hydrogens (tertiary/aromatic N) is 2. The molecular formula is C12H8N3. The summed E-state index contributed by atoms with van der Waals surface area (Å²) in [6, 6.07) is 10.1. The van der Waals surface area contributed by atoms with Crippen LogP contribution in [0.5, 0.6) is 0 Å². The summed E-state index contributed by atoms with van der Waals surface area (Å²) in [5.41, 5.74) is 4.23. The van der Waals surface area contributed by atoms with E-state index in [1.165, 1.54) is 0 Å². The predicted octanol–water partition coefficient (Wildman–Crippen LogP) is 2.43. The molecule has 0 bridgehead atoms. The Morgan fingerprint density at radius 3 is 2.73 bits per heavy atom. The fraction of sp³-hybridized carbons (Fsp3) is 0. The summed E-state index contributed by atoms with van der Waals surface area (Å²) >= 11 is 0. The number of pyridine rings is 1. The summed E-state index contributed by atoms with van der Waals surface area (Å²) < 4.78 is 0. The molecule has 0 saturated carbocycles. The van der Waals surface area contributed by atoms with E-state index in [-0.39, 0.29) is 0 Å². The van der Waals surface area contributed by atoms with Crippen LogP contribution in [0.25, 0.3) is 22.2 Å². The maximum atomic E-state index is 4.11. The Morgan fingerprint density at radius 1 is 1.00 bits per heavy atom. The van der Waals surface area contributed by atoms with Crippen LogP contribution in [0.3, 0.4) is 0 Å². The minimum absolute atomic E-state index is 0.935. The lowest BCUT2D eigenvalue weighted by atomic mass is 10.1. The summed E-state index contributed by atoms with van der Waals surface area (Å²) in [7, 11) is 0. The van der Waals surface area contributed by atoms with Crippen LogP contribution in [0.15, 0.2) is 42.7 Å². The van der Waals surface area contributed by atoms with Gasteiger partial charge in [-0.05, 0) is 35.4 Å². The highest BCUT2D eigenvalue weighted by Gasteiger charge is 2.00. The second-order valence-electron chi connectivity index (χ2n) is 3.32. The topological polar surface area (TPSA) is 41.6 Å². The number of nitrogens with one attached hydrogen (secondary N) is 1. The molecule has 0 atom stereocenters. The molecule has 3 aromatic rings. The zero-order chi connectivity index (χ0) is 10.1. The van der Waals surface area contributed by atoms with Gasteiger partial charge in [0.2, 0.25) is 0 Å². The SMILES string of the molecule is [c]1nc2cc(-c3ccncc3)ccc2[nH]1. The minimum atomic E-state index is 0.935. The lowest BCUT2D eigenvalue weighted by Crippen LogP contribution is -1.78. The molecule has 3 rings (SSSR count). The number of fused-ring (bicyclic) bond motifs is 1. The Morgan fingerprint density at radius 2 is 1.87 bits per heavy atom. The van der Waals surface area contributed by atoms with Crippen molar-refractivity contribution in [3.05, 3.63) is 49.1 Å². The molecule has 0 spiro atoms. The molecule has 2 aromatic heterocycles. The van der Waals surface area contributed by atoms with Crippen molar-refractivity contribution < 1.29 is 0 Å². The van der Waals surface area contributed by atoms with Crippen LogP contribution in [0, 0.1) is 6.33 Å². The van der Waals surface area contributed by atoms with Gasteiger partial charge in [0.1, 0.15) is 0 Å². The molecule has 3 nitrogen and oxygen atoms in total. The van der Waals surface area contributed by atoms with Gasteiger partial charge >= 0.3 is 0 Å². The molecule has 0 fully saturated rings. The van der Waals surface area contributed by atoms with Crippen molar-refractivity contribution in [2.24, 2.45) is 0 Å². The number of rotatable bonds is 1. The smallest absolute Gasteiger partial charge is 0.174 e. The fourth-order valence-electron chi connectivity index (χ4n) is 1.60. The normalized spacial score (nSPS) is 10.7. The van der Waals surface area contributed by atoms with Crippen molar-refractivity contribution >= 4 is 11.0 Å². The Kier molecular flexibility index (Phi) is 1.75. The van der Waals surface area contributed by atoms with E-state index in [0.29, 0.717) is 0 Å². The molecule has 0 amide bonds. The van der Waals surface area contributed by atoms with Gasteiger partial charge in [-0.25, -0.2) is 4.98 Å². The first-order chi connectivity index (χ1) is 7.43. The highest BCUT2D eigenvalue weighted by Crippen LogP contribution is 2.21. The van der Waals surface area contributed by atoms with E-state index in [0.717, 1.165) is 22.2 Å². The molecule has 0 aliphatic heterocycles. The molecule has 1 N–H and O–H groups in total. The van der Waals surface area contributed by atoms with Crippen molar-refractivity contribution in [2.75, 3.05) is 0 Å². The molecule has 0 aliphatic carbocycles. The molecule has 15 heavy (non-hydrogen) atoms. The first-order valence-corrected chi connectivity index (χ1v) is 4.70. The van der Waals surface area contributed by atoms with E-state index in [2.05, 4.69) is 27.3 Å². The van der Waals surface area contributed by atoms with E-state index < -0.39 is 0 Å². The minimum Gasteiger partial charge on any atom is -0.335 e. The summed E-state index contributed by atoms with van der Waals surface area (Å²) in [6.45, 7) is 0. The van der Waals surface area contributed by atoms with Crippen molar-refractivity contribution in [3.8, 4) is 11.1 Å². The van der Waals surface area contributed by atoms with Crippen LogP contribution in [0.2, 0.25) is 0 Å². The number of hydrogen-bond acceptors (Lipinski definition) is 2. The van der Waals surface area contributed by atoms with Gasteiger partial charge in [0, 0.05) is 12.4 Å². The highest BCUT2D eigenvalue weighted by atomic mass is 14.9. The van der Waals surface area contributed by atoms with Crippen LogP contribution >= 0.6 is 0 Å². The van der Waals surface area contributed by atoms with Gasteiger partial charge in [-0.2, -0.15) is 0 Å². The molecule has 0 aliphatic rings. The summed E-state index contributed by atoms with van der Waals surface area (Å²) in [4.78, 5) is 11.1. The Labute approximate surface area is 86.8 Å². The molecule has 2 heterocycles. The number of H-pyrrole nitrogens is 1. The second-order valence-corrected chi connectivity index (χ2v) is 3.32. The van der Waals surface area contributed by atoms with Gasteiger partial charge in [-0.15, -0.1) is 0 Å². The van der Waals surface area contributed by atoms with E-state index >= 15 is 0 Å². The lowest BCUT2D eigenvalue weighted by Gasteiger charge is -1.99. The van der Waals surface area contributed by atoms with E-state index in [1.807, 2.05) is 24.3 Å². The van der Waals surface area contributed by atoms with Crippen molar-refractivity contribution in [1.82, 2.24) is 15.0 Å². The average molecular weight is 194 g/mol. The standard InChI is InChI=1S/C12H8N3/c1-2-11-12(15-8-14-11)7-10(1)9-3-5-13-6-4-9/h1-7H,(H,14,15). The van der Waals surface area contributed by atoms with E-state index in [4.69, 9.17) is 0 Å². The summed E-state index contributed by atoms with van der Waals surface area (Å²) in [6.07, 6.45) is 6.30. The summed E-state index contributed by atoms with van der Waals surface area (Å²) in [5, 5.41) is 0. The van der Waals surface area contributed by atoms with Crippen molar-refractivity contribution in [2.45, 2.75) is 0 Å². The highest BCUT2D eigenvalue weighted by molar-refractivity contribution is 5.81. The van der Waals surface area contributed by atoms with Gasteiger partial charge in [0.05, 0.1) is 11.0 Å². The van der Waals surface area contributed by atoms with Gasteiger partial charge in [-0.3, -0.25) is 4.98 Å². The zero-order valence-corrected chi connectivity index (χ0v) is 7.94. The van der Waals surface area contributed by atoms with Gasteiger partial charge in [0.15, 0.2) is 6.33 Å². The largest absolute Gasteiger partial charge is 0.335 e. The third-order valence-corrected chi connectivity index (χ3v) is 2.38. The van der Waals surface area contributed by atoms with E-state index in [9.17, 15) is 0 Å². The third kappa shape index (κ3) is 1.38. The van der Waals surface area contributed by atoms with Crippen molar-refractivity contribution in [3.63, 3.8) is 0 Å². The Hall–Kier alpha value is -2.16.